The number of aliphatic hydroxyl groups excluding tert-OH is 1. The Morgan fingerprint density at radius 1 is 1.31 bits per heavy atom. The monoisotopic (exact) mass is 491 g/mol. The summed E-state index contributed by atoms with van der Waals surface area (Å²) >= 11 is 1.58. The Kier molecular flexibility index (Phi) is 9.89. The lowest BCUT2D eigenvalue weighted by atomic mass is 10.2. The Labute approximate surface area is 175 Å². The Hall–Kier alpha value is -1.39. The number of halogens is 1. The average Bonchev–Trinajstić information content (AvgIpc) is 3.01. The van der Waals surface area contributed by atoms with Gasteiger partial charge >= 0.3 is 5.97 Å². The highest BCUT2D eigenvalue weighted by molar-refractivity contribution is 14.0. The number of carbonyl (C=O) groups is 1. The van der Waals surface area contributed by atoms with Gasteiger partial charge in [-0.15, -0.1) is 35.3 Å². The number of thiophene rings is 1. The molecule has 0 radical (unpaired) electrons. The first-order chi connectivity index (χ1) is 12.0. The van der Waals surface area contributed by atoms with Gasteiger partial charge in [-0.1, -0.05) is 18.2 Å². The van der Waals surface area contributed by atoms with Crippen molar-refractivity contribution in [2.75, 3.05) is 20.1 Å². The number of aliphatic imine (C=N–C) groups is 1. The molecule has 1 unspecified atom stereocenters. The Morgan fingerprint density at radius 2 is 2.04 bits per heavy atom. The van der Waals surface area contributed by atoms with Gasteiger partial charge in [0.25, 0.3) is 0 Å². The van der Waals surface area contributed by atoms with Crippen molar-refractivity contribution in [2.45, 2.75) is 32.5 Å². The summed E-state index contributed by atoms with van der Waals surface area (Å²) in [6, 6.07) is 10.1. The molecule has 8 heteroatoms. The van der Waals surface area contributed by atoms with Gasteiger partial charge in [0.05, 0.1) is 12.5 Å². The molecule has 144 valence electrons. The second-order valence-corrected chi connectivity index (χ2v) is 6.99. The fourth-order valence-electron chi connectivity index (χ4n) is 2.29. The molecule has 0 fully saturated rings. The predicted octanol–water partition coefficient (Wildman–Crippen LogP) is 3.06. The number of hydrogen-bond donors (Lipinski definition) is 3. The maximum absolute atomic E-state index is 11.5. The summed E-state index contributed by atoms with van der Waals surface area (Å²) in [5, 5.41) is 17.6. The molecule has 26 heavy (non-hydrogen) atoms. The van der Waals surface area contributed by atoms with Crippen molar-refractivity contribution in [2.24, 2.45) is 4.99 Å². The summed E-state index contributed by atoms with van der Waals surface area (Å²) in [5.41, 5.74) is 0. The zero-order chi connectivity index (χ0) is 18.2. The van der Waals surface area contributed by atoms with Crippen LogP contribution in [0.4, 0.5) is 0 Å². The highest BCUT2D eigenvalue weighted by Crippen LogP contribution is 2.29. The molecule has 0 aliphatic rings. The molecular formula is C18H26IN3O3S. The third kappa shape index (κ3) is 7.08. The molecule has 6 nitrogen and oxygen atoms in total. The fraction of sp³-hybridized carbons (Fsp3) is 0.444. The highest BCUT2D eigenvalue weighted by atomic mass is 127. The molecule has 0 aliphatic carbocycles. The summed E-state index contributed by atoms with van der Waals surface area (Å²) in [4.78, 5) is 16.5. The number of nitrogens with zero attached hydrogens (tertiary/aromatic N) is 1. The van der Waals surface area contributed by atoms with Crippen molar-refractivity contribution in [3.05, 3.63) is 35.2 Å². The average molecular weight is 491 g/mol. The molecule has 0 bridgehead atoms. The van der Waals surface area contributed by atoms with E-state index in [1.807, 2.05) is 44.2 Å². The zero-order valence-corrected chi connectivity index (χ0v) is 18.3. The first-order valence-electron chi connectivity index (χ1n) is 8.30. The molecule has 1 aromatic heterocycles. The van der Waals surface area contributed by atoms with E-state index in [1.54, 1.807) is 18.4 Å². The summed E-state index contributed by atoms with van der Waals surface area (Å²) in [6.07, 6.45) is -0.471. The number of nitrogens with one attached hydrogen (secondary N) is 2. The highest BCUT2D eigenvalue weighted by Gasteiger charge is 2.12. The quantitative estimate of drug-likeness (QED) is 0.240. The van der Waals surface area contributed by atoms with Crippen molar-refractivity contribution in [1.82, 2.24) is 10.6 Å². The van der Waals surface area contributed by atoms with Crippen LogP contribution in [0.5, 0.6) is 0 Å². The van der Waals surface area contributed by atoms with Crippen LogP contribution in [0.1, 0.15) is 31.2 Å². The van der Waals surface area contributed by atoms with Gasteiger partial charge in [0, 0.05) is 29.7 Å². The predicted molar refractivity (Wildman–Crippen MR) is 117 cm³/mol. The maximum atomic E-state index is 11.5. The van der Waals surface area contributed by atoms with E-state index < -0.39 is 6.10 Å². The number of carbonyl (C=O) groups excluding carboxylic acids is 1. The molecule has 2 rings (SSSR count). The van der Waals surface area contributed by atoms with E-state index in [0.29, 0.717) is 19.0 Å². The number of benzene rings is 1. The molecule has 0 spiro atoms. The lowest BCUT2D eigenvalue weighted by Gasteiger charge is -2.14. The van der Waals surface area contributed by atoms with E-state index in [1.165, 1.54) is 0 Å². The van der Waals surface area contributed by atoms with Gasteiger partial charge in [-0.2, -0.15) is 0 Å². The summed E-state index contributed by atoms with van der Waals surface area (Å²) in [5.74, 6) is 0.292. The lowest BCUT2D eigenvalue weighted by molar-refractivity contribution is -0.147. The minimum Gasteiger partial charge on any atom is -0.463 e. The number of hydrogen-bond acceptors (Lipinski definition) is 5. The molecule has 1 aromatic carbocycles. The molecule has 1 heterocycles. The molecule has 0 saturated carbocycles. The smallest absolute Gasteiger partial charge is 0.307 e. The molecule has 0 aliphatic heterocycles. The molecule has 0 amide bonds. The minimum atomic E-state index is -0.623. The molecule has 3 N–H and O–H groups in total. The molecular weight excluding hydrogens is 465 g/mol. The van der Waals surface area contributed by atoms with Crippen LogP contribution in [0.25, 0.3) is 10.1 Å². The summed E-state index contributed by atoms with van der Waals surface area (Å²) in [7, 11) is 1.65. The number of esters is 1. The van der Waals surface area contributed by atoms with Gasteiger partial charge in [-0.3, -0.25) is 9.79 Å². The lowest BCUT2D eigenvalue weighted by Crippen LogP contribution is -2.40. The van der Waals surface area contributed by atoms with Gasteiger partial charge < -0.3 is 20.5 Å². The fourth-order valence-corrected chi connectivity index (χ4v) is 3.34. The van der Waals surface area contributed by atoms with E-state index in [9.17, 15) is 9.90 Å². The van der Waals surface area contributed by atoms with Crippen LogP contribution >= 0.6 is 35.3 Å². The van der Waals surface area contributed by atoms with Crippen molar-refractivity contribution in [1.29, 1.82) is 0 Å². The van der Waals surface area contributed by atoms with Crippen molar-refractivity contribution >= 4 is 57.3 Å². The zero-order valence-electron chi connectivity index (χ0n) is 15.2. The van der Waals surface area contributed by atoms with Crippen LogP contribution in [-0.2, 0) is 9.53 Å². The van der Waals surface area contributed by atoms with Gasteiger partial charge in [0.1, 0.15) is 6.10 Å². The minimum absolute atomic E-state index is 0. The molecule has 0 saturated heterocycles. The van der Waals surface area contributed by atoms with Crippen LogP contribution in [0.3, 0.4) is 0 Å². The number of guanidine groups is 1. The van der Waals surface area contributed by atoms with Crippen molar-refractivity contribution in [3.8, 4) is 0 Å². The van der Waals surface area contributed by atoms with Gasteiger partial charge in [-0.05, 0) is 31.4 Å². The van der Waals surface area contributed by atoms with Crippen molar-refractivity contribution in [3.63, 3.8) is 0 Å². The van der Waals surface area contributed by atoms with Crippen molar-refractivity contribution < 1.29 is 14.6 Å². The number of ether oxygens (including phenoxy) is 1. The van der Waals surface area contributed by atoms with Gasteiger partial charge in [-0.25, -0.2) is 0 Å². The van der Waals surface area contributed by atoms with E-state index in [2.05, 4.69) is 15.6 Å². The number of rotatable bonds is 7. The number of fused-ring (bicyclic) bond motifs is 1. The van der Waals surface area contributed by atoms with Crippen LogP contribution in [0, 0.1) is 0 Å². The Morgan fingerprint density at radius 3 is 2.69 bits per heavy atom. The van der Waals surface area contributed by atoms with Crippen LogP contribution in [0.2, 0.25) is 0 Å². The number of aliphatic hydroxyl groups is 1. The molecule has 1 atom stereocenters. The summed E-state index contributed by atoms with van der Waals surface area (Å²) in [6.45, 7) is 4.40. The van der Waals surface area contributed by atoms with Gasteiger partial charge in [0.15, 0.2) is 5.96 Å². The molecule has 2 aromatic rings. The largest absolute Gasteiger partial charge is 0.463 e. The topological polar surface area (TPSA) is 83.0 Å². The van der Waals surface area contributed by atoms with E-state index in [-0.39, 0.29) is 42.5 Å². The van der Waals surface area contributed by atoms with Crippen LogP contribution in [-0.4, -0.2) is 43.3 Å². The Bertz CT molecular complexity index is 700. The Balaban J connectivity index is 0.00000338. The van der Waals surface area contributed by atoms with E-state index >= 15 is 0 Å². The standard InChI is InChI=1S/C18H25N3O3S.HI/c1-12(2)24-17(23)8-9-20-18(19-3)21-11-14(22)16-10-13-6-4-5-7-15(13)25-16;/h4-7,10,12,14,22H,8-9,11H2,1-3H3,(H2,19,20,21);1H. The summed E-state index contributed by atoms with van der Waals surface area (Å²) < 4.78 is 6.23. The second kappa shape index (κ2) is 11.3. The first-order valence-corrected chi connectivity index (χ1v) is 9.11. The van der Waals surface area contributed by atoms with Crippen LogP contribution in [0.15, 0.2) is 35.3 Å². The first kappa shape index (κ1) is 22.7. The SMILES string of the molecule is CN=C(NCCC(=O)OC(C)C)NCC(O)c1cc2ccccc2s1.I. The third-order valence-corrected chi connectivity index (χ3v) is 4.67. The normalized spacial score (nSPS) is 12.6. The van der Waals surface area contributed by atoms with E-state index in [4.69, 9.17) is 4.74 Å². The third-order valence-electron chi connectivity index (χ3n) is 3.45. The van der Waals surface area contributed by atoms with Gasteiger partial charge in [0.2, 0.25) is 0 Å². The maximum Gasteiger partial charge on any atom is 0.307 e. The van der Waals surface area contributed by atoms with Crippen LogP contribution < -0.4 is 10.6 Å². The second-order valence-electron chi connectivity index (χ2n) is 5.87. The van der Waals surface area contributed by atoms with E-state index in [0.717, 1.165) is 15.0 Å².